The van der Waals surface area contributed by atoms with Gasteiger partial charge in [0.1, 0.15) is 0 Å². The van der Waals surface area contributed by atoms with Gasteiger partial charge in [0.05, 0.1) is 23.6 Å². The van der Waals surface area contributed by atoms with Crippen molar-refractivity contribution in [3.05, 3.63) is 24.0 Å². The molecule has 1 aromatic heterocycles. The van der Waals surface area contributed by atoms with E-state index in [1.54, 1.807) is 14.1 Å². The summed E-state index contributed by atoms with van der Waals surface area (Å²) in [6.45, 7) is 0.686. The van der Waals surface area contributed by atoms with Gasteiger partial charge in [-0.05, 0) is 37.6 Å². The molecule has 0 bridgehead atoms. The smallest absolute Gasteiger partial charge is 0.347 e. The third-order valence-corrected chi connectivity index (χ3v) is 4.47. The van der Waals surface area contributed by atoms with Crippen molar-refractivity contribution in [2.24, 2.45) is 0 Å². The second-order valence-electron chi connectivity index (χ2n) is 6.72. The van der Waals surface area contributed by atoms with Crippen molar-refractivity contribution in [3.63, 3.8) is 0 Å². The lowest BCUT2D eigenvalue weighted by Gasteiger charge is -2.25. The molecule has 1 saturated heterocycles. The number of carbonyl (C=O) groups excluding carboxylic acids is 2. The number of hydrogen-bond donors (Lipinski definition) is 2. The standard InChI is InChI=1S/C17H20F3N5O2/c1-24(2)15(27)13-4-3-7-25(13)9-14(26)21-10-5-6-11-12(8-10)23-16(22-11)17(18,19)20/h5-6,8,13H,3-4,7,9H2,1-2H3,(H,21,26)(H,22,23). The van der Waals surface area contributed by atoms with Gasteiger partial charge in [-0.2, -0.15) is 13.2 Å². The van der Waals surface area contributed by atoms with E-state index < -0.39 is 12.0 Å². The molecule has 1 fully saturated rings. The number of aromatic nitrogens is 2. The van der Waals surface area contributed by atoms with Gasteiger partial charge in [0.25, 0.3) is 0 Å². The van der Waals surface area contributed by atoms with Gasteiger partial charge in [0, 0.05) is 19.8 Å². The lowest BCUT2D eigenvalue weighted by molar-refractivity contribution is -0.144. The average molecular weight is 383 g/mol. The van der Waals surface area contributed by atoms with Crippen LogP contribution in [0.2, 0.25) is 0 Å². The second-order valence-corrected chi connectivity index (χ2v) is 6.72. The van der Waals surface area contributed by atoms with Crippen LogP contribution < -0.4 is 5.32 Å². The summed E-state index contributed by atoms with van der Waals surface area (Å²) in [5.41, 5.74) is 0.707. The Morgan fingerprint density at radius 1 is 1.37 bits per heavy atom. The number of fused-ring (bicyclic) bond motifs is 1. The van der Waals surface area contributed by atoms with Crippen LogP contribution in [-0.2, 0) is 15.8 Å². The molecule has 10 heteroatoms. The molecule has 146 valence electrons. The fourth-order valence-corrected chi connectivity index (χ4v) is 3.20. The zero-order chi connectivity index (χ0) is 19.8. The molecule has 1 aliphatic heterocycles. The number of hydrogen-bond acceptors (Lipinski definition) is 4. The summed E-state index contributed by atoms with van der Waals surface area (Å²) in [6, 6.07) is 3.98. The van der Waals surface area contributed by atoms with E-state index in [0.29, 0.717) is 18.7 Å². The van der Waals surface area contributed by atoms with Crippen molar-refractivity contribution in [1.29, 1.82) is 0 Å². The van der Waals surface area contributed by atoms with Crippen LogP contribution in [0.25, 0.3) is 11.0 Å². The predicted octanol–water partition coefficient (Wildman–Crippen LogP) is 2.07. The Hall–Kier alpha value is -2.62. The largest absolute Gasteiger partial charge is 0.449 e. The van der Waals surface area contributed by atoms with Gasteiger partial charge >= 0.3 is 6.18 Å². The monoisotopic (exact) mass is 383 g/mol. The highest BCUT2D eigenvalue weighted by molar-refractivity contribution is 5.94. The maximum Gasteiger partial charge on any atom is 0.449 e. The molecule has 2 heterocycles. The number of carbonyl (C=O) groups is 2. The summed E-state index contributed by atoms with van der Waals surface area (Å²) in [5.74, 6) is -1.45. The van der Waals surface area contributed by atoms with Crippen LogP contribution in [0.3, 0.4) is 0 Å². The normalized spacial score (nSPS) is 18.0. The Bertz CT molecular complexity index is 862. The first-order valence-corrected chi connectivity index (χ1v) is 8.47. The minimum Gasteiger partial charge on any atom is -0.347 e. The Labute approximate surface area is 153 Å². The number of anilines is 1. The molecular weight excluding hydrogens is 363 g/mol. The van der Waals surface area contributed by atoms with Crippen LogP contribution in [0, 0.1) is 0 Å². The minimum absolute atomic E-state index is 0.0407. The van der Waals surface area contributed by atoms with E-state index in [-0.39, 0.29) is 35.4 Å². The van der Waals surface area contributed by atoms with Crippen LogP contribution in [0.1, 0.15) is 18.7 Å². The molecule has 1 aromatic carbocycles. The average Bonchev–Trinajstić information content (AvgIpc) is 3.19. The highest BCUT2D eigenvalue weighted by Gasteiger charge is 2.35. The Morgan fingerprint density at radius 3 is 2.78 bits per heavy atom. The van der Waals surface area contributed by atoms with Gasteiger partial charge in [-0.1, -0.05) is 0 Å². The molecule has 7 nitrogen and oxygen atoms in total. The highest BCUT2D eigenvalue weighted by Crippen LogP contribution is 2.29. The molecule has 1 aliphatic rings. The number of alkyl halides is 3. The molecule has 0 spiro atoms. The van der Waals surface area contributed by atoms with Crippen LogP contribution in [-0.4, -0.2) is 64.8 Å². The highest BCUT2D eigenvalue weighted by atomic mass is 19.4. The first-order chi connectivity index (χ1) is 12.6. The van der Waals surface area contributed by atoms with Crippen molar-refractivity contribution >= 4 is 28.5 Å². The minimum atomic E-state index is -4.56. The lowest BCUT2D eigenvalue weighted by Crippen LogP contribution is -2.45. The van der Waals surface area contributed by atoms with Crippen LogP contribution in [0.4, 0.5) is 18.9 Å². The van der Waals surface area contributed by atoms with Crippen molar-refractivity contribution in [2.45, 2.75) is 25.1 Å². The number of likely N-dealkylation sites (N-methyl/N-ethyl adjacent to an activating group) is 1. The summed E-state index contributed by atoms with van der Waals surface area (Å²) in [7, 11) is 3.35. The number of amides is 2. The molecular formula is C17H20F3N5O2. The molecule has 1 atom stereocenters. The lowest BCUT2D eigenvalue weighted by atomic mass is 10.2. The second kappa shape index (κ2) is 7.18. The summed E-state index contributed by atoms with van der Waals surface area (Å²) in [5, 5.41) is 2.66. The van der Waals surface area contributed by atoms with Crippen molar-refractivity contribution in [1.82, 2.24) is 19.8 Å². The molecule has 0 radical (unpaired) electrons. The van der Waals surface area contributed by atoms with E-state index in [2.05, 4.69) is 15.3 Å². The van der Waals surface area contributed by atoms with E-state index in [4.69, 9.17) is 0 Å². The fraction of sp³-hybridized carbons (Fsp3) is 0.471. The van der Waals surface area contributed by atoms with Gasteiger partial charge in [0.15, 0.2) is 0 Å². The molecule has 2 amide bonds. The first-order valence-electron chi connectivity index (χ1n) is 8.47. The van der Waals surface area contributed by atoms with E-state index in [0.717, 1.165) is 6.42 Å². The number of imidazole rings is 1. The van der Waals surface area contributed by atoms with Crippen LogP contribution in [0.5, 0.6) is 0 Å². The first kappa shape index (κ1) is 19.2. The summed E-state index contributed by atoms with van der Waals surface area (Å²) < 4.78 is 38.2. The number of benzene rings is 1. The number of aromatic amines is 1. The number of H-pyrrole nitrogens is 1. The molecule has 2 N–H and O–H groups in total. The maximum atomic E-state index is 12.7. The number of nitrogens with one attached hydrogen (secondary N) is 2. The maximum absolute atomic E-state index is 12.7. The van der Waals surface area contributed by atoms with Crippen molar-refractivity contribution in [3.8, 4) is 0 Å². The molecule has 2 aromatic rings. The number of halogens is 3. The summed E-state index contributed by atoms with van der Waals surface area (Å²) >= 11 is 0. The van der Waals surface area contributed by atoms with E-state index in [1.807, 2.05) is 4.90 Å². The summed E-state index contributed by atoms with van der Waals surface area (Å²) in [4.78, 5) is 33.5. The molecule has 3 rings (SSSR count). The predicted molar refractivity (Wildman–Crippen MR) is 93.0 cm³/mol. The Kier molecular flexibility index (Phi) is 5.09. The Morgan fingerprint density at radius 2 is 2.11 bits per heavy atom. The van der Waals surface area contributed by atoms with Crippen LogP contribution in [0.15, 0.2) is 18.2 Å². The number of likely N-dealkylation sites (tertiary alicyclic amines) is 1. The van der Waals surface area contributed by atoms with Crippen molar-refractivity contribution in [2.75, 3.05) is 32.5 Å². The fourth-order valence-electron chi connectivity index (χ4n) is 3.20. The van der Waals surface area contributed by atoms with Gasteiger partial charge in [-0.25, -0.2) is 4.98 Å². The topological polar surface area (TPSA) is 81.3 Å². The van der Waals surface area contributed by atoms with Crippen molar-refractivity contribution < 1.29 is 22.8 Å². The molecule has 1 unspecified atom stereocenters. The quantitative estimate of drug-likeness (QED) is 0.847. The zero-order valence-corrected chi connectivity index (χ0v) is 14.9. The van der Waals surface area contributed by atoms with Gasteiger partial charge in [-0.15, -0.1) is 0 Å². The molecule has 0 saturated carbocycles. The van der Waals surface area contributed by atoms with E-state index >= 15 is 0 Å². The van der Waals surface area contributed by atoms with Gasteiger partial charge in [0.2, 0.25) is 17.6 Å². The number of rotatable bonds is 4. The zero-order valence-electron chi connectivity index (χ0n) is 14.9. The van der Waals surface area contributed by atoms with E-state index in [9.17, 15) is 22.8 Å². The Balaban J connectivity index is 1.68. The number of nitrogens with zero attached hydrogens (tertiary/aromatic N) is 3. The molecule has 0 aliphatic carbocycles. The van der Waals surface area contributed by atoms with Gasteiger partial charge in [-0.3, -0.25) is 14.5 Å². The van der Waals surface area contributed by atoms with Crippen LogP contribution >= 0.6 is 0 Å². The third kappa shape index (κ3) is 4.21. The van der Waals surface area contributed by atoms with E-state index in [1.165, 1.54) is 23.1 Å². The molecule has 27 heavy (non-hydrogen) atoms. The summed E-state index contributed by atoms with van der Waals surface area (Å²) in [6.07, 6.45) is -3.03. The third-order valence-electron chi connectivity index (χ3n) is 4.47. The van der Waals surface area contributed by atoms with Gasteiger partial charge < -0.3 is 15.2 Å². The SMILES string of the molecule is CN(C)C(=O)C1CCCN1CC(=O)Nc1ccc2nc(C(F)(F)F)[nH]c2c1.